The predicted molar refractivity (Wildman–Crippen MR) is 105 cm³/mol. The molecule has 7 nitrogen and oxygen atoms in total. The van der Waals surface area contributed by atoms with Crippen molar-refractivity contribution in [2.75, 3.05) is 7.11 Å². The van der Waals surface area contributed by atoms with Crippen molar-refractivity contribution in [2.45, 2.75) is 18.6 Å². The van der Waals surface area contributed by atoms with Gasteiger partial charge in [-0.3, -0.25) is 9.59 Å². The Labute approximate surface area is 173 Å². The Hall–Kier alpha value is -3.82. The molecule has 1 aromatic heterocycles. The average Bonchev–Trinajstić information content (AvgIpc) is 2.71. The summed E-state index contributed by atoms with van der Waals surface area (Å²) < 4.78 is 49.8. The van der Waals surface area contributed by atoms with E-state index in [1.54, 1.807) is 12.1 Å². The number of alkyl halides is 3. The van der Waals surface area contributed by atoms with Crippen LogP contribution >= 0.6 is 0 Å². The van der Waals surface area contributed by atoms with Gasteiger partial charge in [-0.05, 0) is 29.8 Å². The minimum absolute atomic E-state index is 0.179. The second kappa shape index (κ2) is 8.50. The summed E-state index contributed by atoms with van der Waals surface area (Å²) in [5.41, 5.74) is 3.36. The maximum absolute atomic E-state index is 13.2. The first-order valence-electron chi connectivity index (χ1n) is 8.97. The van der Waals surface area contributed by atoms with E-state index in [1.807, 2.05) is 0 Å². The lowest BCUT2D eigenvalue weighted by Crippen LogP contribution is -2.46. The van der Waals surface area contributed by atoms with Gasteiger partial charge in [0, 0.05) is 23.9 Å². The highest BCUT2D eigenvalue weighted by Gasteiger charge is 2.35. The Kier molecular flexibility index (Phi) is 6.00. The Morgan fingerprint density at radius 2 is 1.87 bits per heavy atom. The van der Waals surface area contributed by atoms with E-state index in [0.29, 0.717) is 16.7 Å². The lowest BCUT2D eigenvalue weighted by atomic mass is 10.0. The number of nitrogens with two attached hydrogens (primary N) is 1. The smallest absolute Gasteiger partial charge is 0.417 e. The Bertz CT molecular complexity index is 1200. The zero-order chi connectivity index (χ0) is 22.8. The fourth-order valence-electron chi connectivity index (χ4n) is 3.11. The lowest BCUT2D eigenvalue weighted by molar-refractivity contribution is -0.137. The van der Waals surface area contributed by atoms with Crippen LogP contribution in [0.25, 0.3) is 11.0 Å². The SMILES string of the molecule is COc1ccc2c(C[C@@H](NC(=O)c3ccccc3C(F)(F)F)C(N)=O)cc(=O)oc2c1. The van der Waals surface area contributed by atoms with E-state index in [2.05, 4.69) is 5.32 Å². The summed E-state index contributed by atoms with van der Waals surface area (Å²) in [6.45, 7) is 0. The van der Waals surface area contributed by atoms with Gasteiger partial charge < -0.3 is 20.2 Å². The van der Waals surface area contributed by atoms with Crippen molar-refractivity contribution in [3.8, 4) is 5.75 Å². The van der Waals surface area contributed by atoms with Crippen molar-refractivity contribution >= 4 is 22.8 Å². The van der Waals surface area contributed by atoms with Crippen LogP contribution in [-0.2, 0) is 17.4 Å². The van der Waals surface area contributed by atoms with Crippen LogP contribution in [0.1, 0.15) is 21.5 Å². The number of hydrogen-bond donors (Lipinski definition) is 2. The molecule has 2 aromatic carbocycles. The summed E-state index contributed by atoms with van der Waals surface area (Å²) in [6, 6.07) is 8.58. The highest BCUT2D eigenvalue weighted by atomic mass is 19.4. The molecule has 1 atom stereocenters. The Balaban J connectivity index is 1.94. The molecule has 10 heteroatoms. The highest BCUT2D eigenvalue weighted by Crippen LogP contribution is 2.32. The topological polar surface area (TPSA) is 112 Å². The molecular formula is C21H17F3N2O5. The lowest BCUT2D eigenvalue weighted by Gasteiger charge is -2.18. The van der Waals surface area contributed by atoms with Crippen LogP contribution in [0.2, 0.25) is 0 Å². The van der Waals surface area contributed by atoms with Crippen LogP contribution in [-0.4, -0.2) is 25.0 Å². The van der Waals surface area contributed by atoms with Gasteiger partial charge in [-0.15, -0.1) is 0 Å². The second-order valence-corrected chi connectivity index (χ2v) is 6.63. The number of rotatable bonds is 6. The minimum Gasteiger partial charge on any atom is -0.497 e. The fraction of sp³-hybridized carbons (Fsp3) is 0.190. The third-order valence-corrected chi connectivity index (χ3v) is 4.59. The first-order valence-corrected chi connectivity index (χ1v) is 8.97. The van der Waals surface area contributed by atoms with Crippen molar-refractivity contribution in [3.63, 3.8) is 0 Å². The number of ether oxygens (including phenoxy) is 1. The van der Waals surface area contributed by atoms with Gasteiger partial charge in [0.15, 0.2) is 0 Å². The summed E-state index contributed by atoms with van der Waals surface area (Å²) in [4.78, 5) is 36.4. The van der Waals surface area contributed by atoms with Crippen LogP contribution in [0.4, 0.5) is 13.2 Å². The van der Waals surface area contributed by atoms with E-state index < -0.39 is 40.8 Å². The zero-order valence-corrected chi connectivity index (χ0v) is 16.2. The molecule has 0 aliphatic rings. The molecule has 3 N–H and O–H groups in total. The van der Waals surface area contributed by atoms with Crippen LogP contribution in [0.5, 0.6) is 5.75 Å². The number of fused-ring (bicyclic) bond motifs is 1. The van der Waals surface area contributed by atoms with Gasteiger partial charge in [0.2, 0.25) is 5.91 Å². The van der Waals surface area contributed by atoms with Crippen molar-refractivity contribution < 1.29 is 31.9 Å². The van der Waals surface area contributed by atoms with Gasteiger partial charge in [0.25, 0.3) is 5.91 Å². The zero-order valence-electron chi connectivity index (χ0n) is 16.2. The molecule has 0 bridgehead atoms. The Morgan fingerprint density at radius 3 is 2.52 bits per heavy atom. The maximum Gasteiger partial charge on any atom is 0.417 e. The third-order valence-electron chi connectivity index (χ3n) is 4.59. The number of carbonyl (C=O) groups is 2. The first kappa shape index (κ1) is 21.9. The van der Waals surface area contributed by atoms with Crippen molar-refractivity contribution in [1.29, 1.82) is 0 Å². The number of halogens is 3. The molecule has 0 radical (unpaired) electrons. The van der Waals surface area contributed by atoms with E-state index in [0.717, 1.165) is 24.3 Å². The number of hydrogen-bond acceptors (Lipinski definition) is 5. The summed E-state index contributed by atoms with van der Waals surface area (Å²) in [6.07, 6.45) is -4.99. The summed E-state index contributed by atoms with van der Waals surface area (Å²) >= 11 is 0. The normalized spacial score (nSPS) is 12.4. The molecule has 3 rings (SSSR count). The number of primary amides is 1. The van der Waals surface area contributed by atoms with Gasteiger partial charge in [0.1, 0.15) is 17.4 Å². The fourth-order valence-corrected chi connectivity index (χ4v) is 3.11. The number of amides is 2. The largest absolute Gasteiger partial charge is 0.497 e. The summed E-state index contributed by atoms with van der Waals surface area (Å²) in [5.74, 6) is -1.67. The van der Waals surface area contributed by atoms with Gasteiger partial charge >= 0.3 is 11.8 Å². The van der Waals surface area contributed by atoms with Crippen molar-refractivity contribution in [3.05, 3.63) is 75.6 Å². The second-order valence-electron chi connectivity index (χ2n) is 6.63. The molecule has 0 unspecified atom stereocenters. The molecule has 31 heavy (non-hydrogen) atoms. The van der Waals surface area contributed by atoms with Crippen molar-refractivity contribution in [2.24, 2.45) is 5.73 Å². The monoisotopic (exact) mass is 434 g/mol. The minimum atomic E-state index is -4.76. The Morgan fingerprint density at radius 1 is 1.16 bits per heavy atom. The van der Waals surface area contributed by atoms with Crippen LogP contribution in [0, 0.1) is 0 Å². The average molecular weight is 434 g/mol. The van der Waals surface area contributed by atoms with Gasteiger partial charge in [-0.1, -0.05) is 12.1 Å². The standard InChI is InChI=1S/C21H17F3N2O5/c1-30-12-6-7-13-11(9-18(27)31-17(13)10-12)8-16(19(25)28)26-20(29)14-4-2-3-5-15(14)21(22,23)24/h2-7,9-10,16H,8H2,1H3,(H2,25,28)(H,26,29)/t16-/m1/s1. The van der Waals surface area contributed by atoms with E-state index in [1.165, 1.54) is 19.2 Å². The maximum atomic E-state index is 13.2. The third kappa shape index (κ3) is 4.85. The van der Waals surface area contributed by atoms with E-state index in [9.17, 15) is 27.6 Å². The molecule has 0 spiro atoms. The molecule has 1 heterocycles. The summed E-state index contributed by atoms with van der Waals surface area (Å²) in [7, 11) is 1.43. The summed E-state index contributed by atoms with van der Waals surface area (Å²) in [5, 5.41) is 2.68. The molecule has 162 valence electrons. The van der Waals surface area contributed by atoms with Gasteiger partial charge in [-0.2, -0.15) is 13.2 Å². The number of methoxy groups -OCH3 is 1. The number of benzene rings is 2. The molecule has 2 amide bonds. The predicted octanol–water partition coefficient (Wildman–Crippen LogP) is 2.65. The van der Waals surface area contributed by atoms with Crippen LogP contribution < -0.4 is 21.4 Å². The van der Waals surface area contributed by atoms with Crippen LogP contribution in [0.3, 0.4) is 0 Å². The first-order chi connectivity index (χ1) is 14.6. The number of carbonyl (C=O) groups excluding carboxylic acids is 2. The van der Waals surface area contributed by atoms with Gasteiger partial charge in [0.05, 0.1) is 18.2 Å². The molecule has 0 aliphatic heterocycles. The van der Waals surface area contributed by atoms with Gasteiger partial charge in [-0.25, -0.2) is 4.79 Å². The van der Waals surface area contributed by atoms with E-state index in [-0.39, 0.29) is 12.0 Å². The molecule has 0 aliphatic carbocycles. The molecular weight excluding hydrogens is 417 g/mol. The molecule has 0 saturated carbocycles. The van der Waals surface area contributed by atoms with E-state index >= 15 is 0 Å². The number of nitrogens with one attached hydrogen (secondary N) is 1. The highest BCUT2D eigenvalue weighted by molar-refractivity contribution is 5.99. The molecule has 0 fully saturated rings. The van der Waals surface area contributed by atoms with E-state index in [4.69, 9.17) is 14.9 Å². The van der Waals surface area contributed by atoms with Crippen molar-refractivity contribution in [1.82, 2.24) is 5.32 Å². The van der Waals surface area contributed by atoms with Crippen LogP contribution in [0.15, 0.2) is 57.7 Å². The molecule has 3 aromatic rings. The quantitative estimate of drug-likeness (QED) is 0.580. The molecule has 0 saturated heterocycles.